The number of non-ortho nitro benzene ring substituents is 1. The number of ketones is 1. The van der Waals surface area contributed by atoms with Crippen LogP contribution in [0.5, 0.6) is 0 Å². The summed E-state index contributed by atoms with van der Waals surface area (Å²) in [5, 5.41) is 16.8. The lowest BCUT2D eigenvalue weighted by atomic mass is 9.95. The van der Waals surface area contributed by atoms with Gasteiger partial charge >= 0.3 is 0 Å². The van der Waals surface area contributed by atoms with Crippen LogP contribution in [0, 0.1) is 23.0 Å². The fourth-order valence-electron chi connectivity index (χ4n) is 3.72. The van der Waals surface area contributed by atoms with Crippen molar-refractivity contribution in [2.75, 3.05) is 9.91 Å². The van der Waals surface area contributed by atoms with Crippen LogP contribution < -0.4 is 9.91 Å². The van der Waals surface area contributed by atoms with E-state index in [4.69, 9.17) is 11.6 Å². The molecule has 0 aromatic heterocycles. The van der Waals surface area contributed by atoms with Gasteiger partial charge in [-0.2, -0.15) is 5.10 Å². The Kier molecular flexibility index (Phi) is 4.62. The van der Waals surface area contributed by atoms with Crippen molar-refractivity contribution in [3.8, 4) is 0 Å². The first kappa shape index (κ1) is 19.7. The molecule has 1 fully saturated rings. The number of nitrogens with zero attached hydrogens (tertiary/aromatic N) is 4. The van der Waals surface area contributed by atoms with Gasteiger partial charge < -0.3 is 0 Å². The molecule has 0 N–H and O–H groups in total. The molecule has 0 saturated carbocycles. The second-order valence-electron chi connectivity index (χ2n) is 6.98. The lowest BCUT2D eigenvalue weighted by Crippen LogP contribution is -2.39. The molecule has 0 unspecified atom stereocenters. The van der Waals surface area contributed by atoms with E-state index in [0.29, 0.717) is 22.0 Å². The van der Waals surface area contributed by atoms with Crippen LogP contribution in [0.15, 0.2) is 47.6 Å². The van der Waals surface area contributed by atoms with Crippen molar-refractivity contribution >= 4 is 52.0 Å². The van der Waals surface area contributed by atoms with Crippen LogP contribution in [0.4, 0.5) is 17.1 Å². The highest BCUT2D eigenvalue weighted by molar-refractivity contribution is 6.49. The molecule has 2 aliphatic rings. The Morgan fingerprint density at radius 1 is 1.13 bits per heavy atom. The van der Waals surface area contributed by atoms with Crippen LogP contribution in [0.2, 0.25) is 5.02 Å². The SMILES string of the molecule is CC(=O)C1=NN(c2ccc([N+](=O)[O-])cc2)[C@@H]2C(=O)N(c3cccc(Cl)c3C)C(=O)[C@H]12. The predicted octanol–water partition coefficient (Wildman–Crippen LogP) is 2.88. The molecule has 4 rings (SSSR count). The third kappa shape index (κ3) is 2.86. The molecule has 152 valence electrons. The van der Waals surface area contributed by atoms with Gasteiger partial charge in [0.2, 0.25) is 5.91 Å². The first-order valence-electron chi connectivity index (χ1n) is 8.98. The first-order valence-corrected chi connectivity index (χ1v) is 9.36. The lowest BCUT2D eigenvalue weighted by molar-refractivity contribution is -0.384. The molecule has 1 saturated heterocycles. The molecule has 2 amide bonds. The quantitative estimate of drug-likeness (QED) is 0.422. The van der Waals surface area contributed by atoms with E-state index in [1.807, 2.05) is 0 Å². The molecule has 0 radical (unpaired) electrons. The Balaban J connectivity index is 1.80. The normalized spacial score (nSPS) is 20.4. The van der Waals surface area contributed by atoms with Gasteiger partial charge in [-0.1, -0.05) is 17.7 Å². The fourth-order valence-corrected chi connectivity index (χ4v) is 3.89. The number of rotatable bonds is 4. The molecule has 2 aliphatic heterocycles. The Morgan fingerprint density at radius 2 is 1.80 bits per heavy atom. The molecule has 0 aliphatic carbocycles. The summed E-state index contributed by atoms with van der Waals surface area (Å²) < 4.78 is 0. The molecule has 0 bridgehead atoms. The molecule has 2 heterocycles. The van der Waals surface area contributed by atoms with Gasteiger partial charge in [0.15, 0.2) is 5.78 Å². The standard InChI is InChI=1S/C20H15ClN4O5/c1-10-14(21)4-3-5-15(10)23-19(27)16-17(11(2)26)22-24(18(16)20(23)28)12-6-8-13(9-7-12)25(29)30/h3-9,16,18H,1-2H3/t16-,18+/m1/s1. The molecule has 2 atom stereocenters. The molecule has 10 heteroatoms. The van der Waals surface area contributed by atoms with Crippen molar-refractivity contribution in [2.24, 2.45) is 11.0 Å². The van der Waals surface area contributed by atoms with E-state index in [-0.39, 0.29) is 11.4 Å². The summed E-state index contributed by atoms with van der Waals surface area (Å²) in [5.74, 6) is -2.61. The van der Waals surface area contributed by atoms with Gasteiger partial charge in [0, 0.05) is 24.1 Å². The Hall–Kier alpha value is -3.59. The number of fused-ring (bicyclic) bond motifs is 1. The van der Waals surface area contributed by atoms with Gasteiger partial charge in [0.1, 0.15) is 17.7 Å². The van der Waals surface area contributed by atoms with E-state index < -0.39 is 34.5 Å². The van der Waals surface area contributed by atoms with Gasteiger partial charge in [-0.25, -0.2) is 4.90 Å². The minimum atomic E-state index is -1.07. The summed E-state index contributed by atoms with van der Waals surface area (Å²) in [6, 6.07) is 9.22. The van der Waals surface area contributed by atoms with Crippen molar-refractivity contribution in [1.82, 2.24) is 0 Å². The van der Waals surface area contributed by atoms with Crippen molar-refractivity contribution < 1.29 is 19.3 Å². The Bertz CT molecular complexity index is 1140. The van der Waals surface area contributed by atoms with Crippen molar-refractivity contribution in [3.05, 3.63) is 63.2 Å². The van der Waals surface area contributed by atoms with E-state index in [1.54, 1.807) is 25.1 Å². The van der Waals surface area contributed by atoms with Gasteiger partial charge in [-0.05, 0) is 36.8 Å². The summed E-state index contributed by atoms with van der Waals surface area (Å²) in [5.41, 5.74) is 1.11. The molecular weight excluding hydrogens is 412 g/mol. The zero-order valence-corrected chi connectivity index (χ0v) is 16.7. The average Bonchev–Trinajstić information content (AvgIpc) is 3.22. The molecule has 2 aromatic rings. The van der Waals surface area contributed by atoms with E-state index in [9.17, 15) is 24.5 Å². The third-order valence-electron chi connectivity index (χ3n) is 5.21. The van der Waals surface area contributed by atoms with E-state index in [1.165, 1.54) is 36.2 Å². The van der Waals surface area contributed by atoms with Gasteiger partial charge in [-0.3, -0.25) is 29.5 Å². The summed E-state index contributed by atoms with van der Waals surface area (Å²) in [6.45, 7) is 2.97. The van der Waals surface area contributed by atoms with Gasteiger partial charge in [0.05, 0.1) is 16.3 Å². The number of carbonyl (C=O) groups excluding carboxylic acids is 3. The number of hydrazone groups is 1. The van der Waals surface area contributed by atoms with Crippen LogP contribution in [-0.4, -0.2) is 34.3 Å². The average molecular weight is 427 g/mol. The van der Waals surface area contributed by atoms with Crippen molar-refractivity contribution in [2.45, 2.75) is 19.9 Å². The van der Waals surface area contributed by atoms with Crippen LogP contribution in [0.25, 0.3) is 0 Å². The lowest BCUT2D eigenvalue weighted by Gasteiger charge is -2.23. The monoisotopic (exact) mass is 426 g/mol. The number of hydrogen-bond acceptors (Lipinski definition) is 7. The summed E-state index contributed by atoms with van der Waals surface area (Å²) in [7, 11) is 0. The maximum Gasteiger partial charge on any atom is 0.269 e. The minimum absolute atomic E-state index is 0.0288. The largest absolute Gasteiger partial charge is 0.293 e. The molecule has 9 nitrogen and oxygen atoms in total. The molecule has 30 heavy (non-hydrogen) atoms. The van der Waals surface area contributed by atoms with Crippen molar-refractivity contribution in [3.63, 3.8) is 0 Å². The number of anilines is 2. The number of imide groups is 1. The highest BCUT2D eigenvalue weighted by atomic mass is 35.5. The number of carbonyl (C=O) groups is 3. The van der Waals surface area contributed by atoms with E-state index in [0.717, 1.165) is 4.90 Å². The zero-order chi connectivity index (χ0) is 21.7. The highest BCUT2D eigenvalue weighted by Gasteiger charge is 2.58. The maximum atomic E-state index is 13.3. The second-order valence-corrected chi connectivity index (χ2v) is 7.39. The second kappa shape index (κ2) is 7.03. The number of nitro groups is 1. The number of nitro benzene ring substituents is 1. The van der Waals surface area contributed by atoms with Crippen LogP contribution >= 0.6 is 11.6 Å². The Morgan fingerprint density at radius 3 is 2.40 bits per heavy atom. The molecular formula is C20H15ClN4O5. The number of hydrogen-bond donors (Lipinski definition) is 0. The summed E-state index contributed by atoms with van der Waals surface area (Å²) in [6.07, 6.45) is 0. The predicted molar refractivity (Wildman–Crippen MR) is 110 cm³/mol. The first-order chi connectivity index (χ1) is 14.2. The number of benzene rings is 2. The molecule has 2 aromatic carbocycles. The van der Waals surface area contributed by atoms with Crippen LogP contribution in [-0.2, 0) is 14.4 Å². The summed E-state index contributed by atoms with van der Waals surface area (Å²) in [4.78, 5) is 50.1. The third-order valence-corrected chi connectivity index (χ3v) is 5.62. The number of halogens is 1. The van der Waals surface area contributed by atoms with Crippen molar-refractivity contribution in [1.29, 1.82) is 0 Å². The number of Topliss-reactive ketones (excluding diaryl/α,β-unsaturated/α-hetero) is 1. The Labute approximate surface area is 175 Å². The van der Waals surface area contributed by atoms with Gasteiger partial charge in [-0.15, -0.1) is 0 Å². The maximum absolute atomic E-state index is 13.3. The van der Waals surface area contributed by atoms with Crippen LogP contribution in [0.3, 0.4) is 0 Å². The van der Waals surface area contributed by atoms with E-state index in [2.05, 4.69) is 5.10 Å². The molecule has 0 spiro atoms. The van der Waals surface area contributed by atoms with Gasteiger partial charge in [0.25, 0.3) is 11.6 Å². The highest BCUT2D eigenvalue weighted by Crippen LogP contribution is 2.40. The topological polar surface area (TPSA) is 113 Å². The summed E-state index contributed by atoms with van der Waals surface area (Å²) >= 11 is 6.16. The van der Waals surface area contributed by atoms with Crippen LogP contribution in [0.1, 0.15) is 12.5 Å². The fraction of sp³-hybridized carbons (Fsp3) is 0.200. The van der Waals surface area contributed by atoms with E-state index >= 15 is 0 Å². The minimum Gasteiger partial charge on any atom is -0.293 e. The number of amides is 2. The smallest absolute Gasteiger partial charge is 0.269 e. The zero-order valence-electron chi connectivity index (χ0n) is 15.9.